The van der Waals surface area contributed by atoms with Crippen molar-refractivity contribution in [2.24, 2.45) is 0 Å². The van der Waals surface area contributed by atoms with Crippen molar-refractivity contribution in [1.82, 2.24) is 5.32 Å². The standard InChI is InChI=1S/C5H4BrN/c6-5-3-1-2-4-7-5/h1-2,4,7H. The Morgan fingerprint density at radius 2 is 2.57 bits per heavy atom. The largest absolute Gasteiger partial charge is 0.350 e. The zero-order chi connectivity index (χ0) is 5.11. The maximum Gasteiger partial charge on any atom is 0.125 e. The van der Waals surface area contributed by atoms with Crippen LogP contribution < -0.4 is 5.32 Å². The lowest BCUT2D eigenvalue weighted by molar-refractivity contribution is 1.17. The minimum atomic E-state index is 0.884. The second-order valence-electron chi connectivity index (χ2n) is 1.13. The van der Waals surface area contributed by atoms with E-state index in [4.69, 9.17) is 0 Å². The molecule has 1 aliphatic heterocycles. The van der Waals surface area contributed by atoms with Crippen molar-refractivity contribution in [3.05, 3.63) is 28.7 Å². The quantitative estimate of drug-likeness (QED) is 0.416. The van der Waals surface area contributed by atoms with E-state index < -0.39 is 0 Å². The molecule has 0 bridgehead atoms. The summed E-state index contributed by atoms with van der Waals surface area (Å²) in [5.41, 5.74) is 2.89. The average Bonchev–Trinajstić information content (AvgIpc) is 1.69. The van der Waals surface area contributed by atoms with Gasteiger partial charge >= 0.3 is 0 Å². The zero-order valence-electron chi connectivity index (χ0n) is 3.61. The maximum atomic E-state index is 3.20. The Kier molecular flexibility index (Phi) is 1.35. The first-order valence-corrected chi connectivity index (χ1v) is 2.73. The summed E-state index contributed by atoms with van der Waals surface area (Å²) in [6.07, 6.45) is 5.55. The smallest absolute Gasteiger partial charge is 0.125 e. The molecule has 1 rings (SSSR count). The Hall–Kier alpha value is -0.460. The van der Waals surface area contributed by atoms with E-state index in [9.17, 15) is 0 Å². The molecule has 0 aliphatic carbocycles. The van der Waals surface area contributed by atoms with Crippen molar-refractivity contribution in [2.45, 2.75) is 0 Å². The lowest BCUT2D eigenvalue weighted by Crippen LogP contribution is -1.97. The molecule has 0 radical (unpaired) electrons. The number of allylic oxidation sites excluding steroid dienone is 2. The first-order chi connectivity index (χ1) is 3.39. The fraction of sp³-hybridized carbons (Fsp3) is 0. The van der Waals surface area contributed by atoms with Crippen molar-refractivity contribution in [2.75, 3.05) is 0 Å². The van der Waals surface area contributed by atoms with Gasteiger partial charge in [-0.1, -0.05) is 5.73 Å². The van der Waals surface area contributed by atoms with Gasteiger partial charge in [0.15, 0.2) is 0 Å². The summed E-state index contributed by atoms with van der Waals surface area (Å²) in [6, 6.07) is 0. The summed E-state index contributed by atoms with van der Waals surface area (Å²) < 4.78 is 0.884. The molecule has 1 N–H and O–H groups in total. The van der Waals surface area contributed by atoms with Crippen molar-refractivity contribution in [3.63, 3.8) is 0 Å². The normalized spacial score (nSPS) is 15.9. The SMILES string of the molecule is BrC1=C=CC=CN1. The van der Waals surface area contributed by atoms with Crippen LogP contribution in [-0.4, -0.2) is 0 Å². The molecular formula is C5H4BrN. The van der Waals surface area contributed by atoms with Gasteiger partial charge in [0.1, 0.15) is 4.61 Å². The van der Waals surface area contributed by atoms with Crippen LogP contribution in [0.5, 0.6) is 0 Å². The van der Waals surface area contributed by atoms with Gasteiger partial charge in [0.05, 0.1) is 0 Å². The highest BCUT2D eigenvalue weighted by molar-refractivity contribution is 9.11. The van der Waals surface area contributed by atoms with E-state index in [1.807, 2.05) is 18.4 Å². The van der Waals surface area contributed by atoms with E-state index in [1.165, 1.54) is 0 Å². The molecule has 0 atom stereocenters. The third kappa shape index (κ3) is 1.22. The summed E-state index contributed by atoms with van der Waals surface area (Å²) in [6.45, 7) is 0. The highest BCUT2D eigenvalue weighted by Crippen LogP contribution is 1.98. The molecule has 0 aromatic heterocycles. The van der Waals surface area contributed by atoms with Crippen molar-refractivity contribution in [3.8, 4) is 0 Å². The minimum Gasteiger partial charge on any atom is -0.350 e. The molecule has 7 heavy (non-hydrogen) atoms. The first kappa shape index (κ1) is 4.69. The van der Waals surface area contributed by atoms with E-state index in [2.05, 4.69) is 27.0 Å². The van der Waals surface area contributed by atoms with Gasteiger partial charge < -0.3 is 5.32 Å². The van der Waals surface area contributed by atoms with Crippen LogP contribution in [0.25, 0.3) is 0 Å². The molecule has 36 valence electrons. The van der Waals surface area contributed by atoms with Crippen LogP contribution in [0.1, 0.15) is 0 Å². The van der Waals surface area contributed by atoms with Crippen LogP contribution >= 0.6 is 15.9 Å². The summed E-state index contributed by atoms with van der Waals surface area (Å²) in [5, 5.41) is 2.89. The summed E-state index contributed by atoms with van der Waals surface area (Å²) >= 11 is 3.20. The monoisotopic (exact) mass is 157 g/mol. The van der Waals surface area contributed by atoms with Gasteiger partial charge in [-0.15, -0.1) is 0 Å². The van der Waals surface area contributed by atoms with E-state index in [1.54, 1.807) is 0 Å². The number of halogens is 1. The molecule has 0 saturated carbocycles. The van der Waals surface area contributed by atoms with Crippen LogP contribution in [0, 0.1) is 0 Å². The topological polar surface area (TPSA) is 12.0 Å². The molecule has 0 unspecified atom stereocenters. The Morgan fingerprint density at radius 1 is 1.71 bits per heavy atom. The van der Waals surface area contributed by atoms with Gasteiger partial charge in [-0.05, 0) is 28.1 Å². The van der Waals surface area contributed by atoms with E-state index >= 15 is 0 Å². The molecule has 0 saturated heterocycles. The lowest BCUT2D eigenvalue weighted by atomic mass is 10.5. The molecule has 0 aromatic carbocycles. The van der Waals surface area contributed by atoms with Crippen molar-refractivity contribution in [1.29, 1.82) is 0 Å². The maximum absolute atomic E-state index is 3.20. The fourth-order valence-corrected chi connectivity index (χ4v) is 0.597. The van der Waals surface area contributed by atoms with Crippen molar-refractivity contribution < 1.29 is 0 Å². The lowest BCUT2D eigenvalue weighted by Gasteiger charge is -1.93. The average molecular weight is 158 g/mol. The minimum absolute atomic E-state index is 0.884. The molecular weight excluding hydrogens is 154 g/mol. The van der Waals surface area contributed by atoms with E-state index in [0.717, 1.165) is 4.61 Å². The highest BCUT2D eigenvalue weighted by atomic mass is 79.9. The number of hydrogen-bond donors (Lipinski definition) is 1. The predicted molar refractivity (Wildman–Crippen MR) is 32.8 cm³/mol. The molecule has 1 heterocycles. The first-order valence-electron chi connectivity index (χ1n) is 1.93. The summed E-state index contributed by atoms with van der Waals surface area (Å²) in [5.74, 6) is 0. The third-order valence-corrected chi connectivity index (χ3v) is 1.07. The van der Waals surface area contributed by atoms with Crippen LogP contribution in [0.4, 0.5) is 0 Å². The van der Waals surface area contributed by atoms with Crippen molar-refractivity contribution >= 4 is 15.9 Å². The summed E-state index contributed by atoms with van der Waals surface area (Å²) in [7, 11) is 0. The number of nitrogens with one attached hydrogen (secondary N) is 1. The second-order valence-corrected chi connectivity index (χ2v) is 1.92. The Balaban J connectivity index is 2.84. The number of rotatable bonds is 0. The molecule has 0 aromatic rings. The van der Waals surface area contributed by atoms with E-state index in [-0.39, 0.29) is 0 Å². The molecule has 0 fully saturated rings. The van der Waals surface area contributed by atoms with Crippen LogP contribution in [-0.2, 0) is 0 Å². The Bertz CT molecular complexity index is 151. The zero-order valence-corrected chi connectivity index (χ0v) is 5.20. The van der Waals surface area contributed by atoms with E-state index in [0.29, 0.717) is 0 Å². The number of hydrogen-bond acceptors (Lipinski definition) is 1. The van der Waals surface area contributed by atoms with Gasteiger partial charge in [-0.2, -0.15) is 0 Å². The van der Waals surface area contributed by atoms with Gasteiger partial charge in [0, 0.05) is 6.20 Å². The molecule has 1 aliphatic rings. The van der Waals surface area contributed by atoms with Crippen LogP contribution in [0.3, 0.4) is 0 Å². The van der Waals surface area contributed by atoms with Gasteiger partial charge in [-0.25, -0.2) is 0 Å². The molecule has 2 heteroatoms. The third-order valence-electron chi connectivity index (χ3n) is 0.613. The van der Waals surface area contributed by atoms with Crippen LogP contribution in [0.2, 0.25) is 0 Å². The fourth-order valence-electron chi connectivity index (χ4n) is 0.332. The summed E-state index contributed by atoms with van der Waals surface area (Å²) in [4.78, 5) is 0. The Labute approximate surface area is 50.5 Å². The van der Waals surface area contributed by atoms with Gasteiger partial charge in [0.2, 0.25) is 0 Å². The Morgan fingerprint density at radius 3 is 2.86 bits per heavy atom. The molecule has 0 amide bonds. The van der Waals surface area contributed by atoms with Gasteiger partial charge in [0.25, 0.3) is 0 Å². The highest BCUT2D eigenvalue weighted by Gasteiger charge is 1.81. The molecule has 0 spiro atoms. The van der Waals surface area contributed by atoms with Gasteiger partial charge in [-0.3, -0.25) is 0 Å². The van der Waals surface area contributed by atoms with Crippen LogP contribution in [0.15, 0.2) is 28.7 Å². The molecule has 1 nitrogen and oxygen atoms in total. The second kappa shape index (κ2) is 2.01. The predicted octanol–water partition coefficient (Wildman–Crippen LogP) is 1.49.